The van der Waals surface area contributed by atoms with Crippen molar-refractivity contribution < 1.29 is 22.8 Å². The molecule has 1 unspecified atom stereocenters. The largest absolute Gasteiger partial charge is 0.345 e. The molecule has 1 atom stereocenters. The number of hydrogen-bond acceptors (Lipinski definition) is 8. The number of nitrogens with zero attached hydrogens (tertiary/aromatic N) is 8. The van der Waals surface area contributed by atoms with Crippen LogP contribution < -0.4 is 10.6 Å². The molecule has 2 N–H and O–H groups in total. The Labute approximate surface area is 227 Å². The van der Waals surface area contributed by atoms with Crippen LogP contribution in [0, 0.1) is 6.92 Å². The number of halogens is 3. The molecule has 4 aromatic heterocycles. The highest BCUT2D eigenvalue weighted by Crippen LogP contribution is 2.26. The maximum Gasteiger partial charge on any atom is 0.273 e. The van der Waals surface area contributed by atoms with Gasteiger partial charge in [0.15, 0.2) is 11.5 Å². The highest BCUT2D eigenvalue weighted by molar-refractivity contribution is 5.92. The van der Waals surface area contributed by atoms with Gasteiger partial charge in [-0.2, -0.15) is 0 Å². The predicted molar refractivity (Wildman–Crippen MR) is 136 cm³/mol. The Hall–Kier alpha value is -4.69. The second kappa shape index (κ2) is 12.4. The summed E-state index contributed by atoms with van der Waals surface area (Å²) in [5, 5.41) is 20.5. The van der Waals surface area contributed by atoms with E-state index in [1.165, 1.54) is 40.1 Å². The van der Waals surface area contributed by atoms with Gasteiger partial charge < -0.3 is 10.6 Å². The number of amides is 2. The first-order valence-corrected chi connectivity index (χ1v) is 12.3. The van der Waals surface area contributed by atoms with Crippen LogP contribution in [0.3, 0.4) is 0 Å². The van der Waals surface area contributed by atoms with Crippen LogP contribution in [-0.2, 0) is 36.8 Å². The van der Waals surface area contributed by atoms with Crippen LogP contribution in [0.2, 0.25) is 0 Å². The number of alkyl halides is 3. The number of anilines is 1. The Morgan fingerprint density at radius 2 is 1.88 bits per heavy atom. The third kappa shape index (κ3) is 8.15. The number of rotatable bonds is 12. The minimum atomic E-state index is -3.02. The third-order valence-corrected chi connectivity index (χ3v) is 5.72. The van der Waals surface area contributed by atoms with E-state index >= 15 is 0 Å². The van der Waals surface area contributed by atoms with E-state index in [1.807, 2.05) is 19.1 Å². The van der Waals surface area contributed by atoms with Crippen molar-refractivity contribution in [1.29, 1.82) is 0 Å². The zero-order chi connectivity index (χ0) is 28.7. The van der Waals surface area contributed by atoms with Crippen molar-refractivity contribution >= 4 is 17.6 Å². The first-order valence-electron chi connectivity index (χ1n) is 12.3. The number of nitrogens with one attached hydrogen (secondary N) is 2. The smallest absolute Gasteiger partial charge is 0.273 e. The Balaban J connectivity index is 1.20. The molecule has 0 fully saturated rings. The number of aromatic nitrogens is 8. The molecule has 12 nitrogen and oxygen atoms in total. The van der Waals surface area contributed by atoms with Crippen LogP contribution in [0.15, 0.2) is 49.1 Å². The zero-order valence-electron chi connectivity index (χ0n) is 21.8. The summed E-state index contributed by atoms with van der Waals surface area (Å²) in [6.45, 7) is 2.59. The fourth-order valence-electron chi connectivity index (χ4n) is 3.61. The molecule has 0 aliphatic carbocycles. The van der Waals surface area contributed by atoms with E-state index in [-0.39, 0.29) is 61.2 Å². The van der Waals surface area contributed by atoms with Gasteiger partial charge in [-0.05, 0) is 30.7 Å². The van der Waals surface area contributed by atoms with Crippen LogP contribution in [0.4, 0.5) is 19.0 Å². The first kappa shape index (κ1) is 28.3. The molecule has 4 heterocycles. The topological polar surface area (TPSA) is 145 Å². The van der Waals surface area contributed by atoms with Crippen LogP contribution in [0.1, 0.15) is 46.3 Å². The van der Waals surface area contributed by atoms with E-state index in [0.717, 1.165) is 18.2 Å². The lowest BCUT2D eigenvalue weighted by molar-refractivity contribution is -0.115. The normalized spacial score (nSPS) is 12.2. The average molecular weight is 557 g/mol. The quantitative estimate of drug-likeness (QED) is 0.271. The van der Waals surface area contributed by atoms with Crippen LogP contribution in [0.25, 0.3) is 0 Å². The minimum absolute atomic E-state index is 0.00883. The summed E-state index contributed by atoms with van der Waals surface area (Å²) in [5.74, 6) is -3.69. The molecule has 0 spiro atoms. The molecule has 4 rings (SSSR count). The number of aryl methyl sites for hydroxylation is 2. The monoisotopic (exact) mass is 556 g/mol. The van der Waals surface area contributed by atoms with E-state index in [1.54, 1.807) is 6.20 Å². The van der Waals surface area contributed by atoms with E-state index < -0.39 is 18.0 Å². The lowest BCUT2D eigenvalue weighted by atomic mass is 10.1. The van der Waals surface area contributed by atoms with Gasteiger partial charge >= 0.3 is 0 Å². The molecule has 0 aliphatic heterocycles. The Morgan fingerprint density at radius 3 is 2.62 bits per heavy atom. The van der Waals surface area contributed by atoms with Crippen molar-refractivity contribution in [2.75, 3.05) is 5.32 Å². The van der Waals surface area contributed by atoms with Gasteiger partial charge in [-0.15, -0.1) is 10.2 Å². The lowest BCUT2D eigenvalue weighted by Gasteiger charge is -2.11. The maximum atomic E-state index is 14.6. The predicted octanol–water partition coefficient (Wildman–Crippen LogP) is 2.62. The molecular weight excluding hydrogens is 529 g/mol. The summed E-state index contributed by atoms with van der Waals surface area (Å²) < 4.78 is 44.2. The van der Waals surface area contributed by atoms with E-state index in [4.69, 9.17) is 0 Å². The molecule has 0 saturated carbocycles. The van der Waals surface area contributed by atoms with Crippen LogP contribution >= 0.6 is 0 Å². The fourth-order valence-corrected chi connectivity index (χ4v) is 3.61. The summed E-state index contributed by atoms with van der Waals surface area (Å²) in [4.78, 5) is 32.7. The van der Waals surface area contributed by atoms with E-state index in [0.29, 0.717) is 0 Å². The Morgan fingerprint density at radius 1 is 1.07 bits per heavy atom. The average Bonchev–Trinajstić information content (AvgIpc) is 3.57. The molecule has 0 radical (unpaired) electrons. The number of pyridine rings is 2. The summed E-state index contributed by atoms with van der Waals surface area (Å²) in [6.07, 6.45) is 4.51. The van der Waals surface area contributed by atoms with Gasteiger partial charge in [-0.1, -0.05) is 16.5 Å². The first-order chi connectivity index (χ1) is 19.0. The van der Waals surface area contributed by atoms with Crippen LogP contribution in [0.5, 0.6) is 0 Å². The van der Waals surface area contributed by atoms with Crippen molar-refractivity contribution in [3.63, 3.8) is 0 Å². The van der Waals surface area contributed by atoms with Gasteiger partial charge in [0.1, 0.15) is 6.17 Å². The number of carbonyl (C=O) groups is 2. The molecule has 0 aromatic carbocycles. The van der Waals surface area contributed by atoms with Crippen molar-refractivity contribution in [2.24, 2.45) is 0 Å². The van der Waals surface area contributed by atoms with Crippen molar-refractivity contribution in [1.82, 2.24) is 45.3 Å². The lowest BCUT2D eigenvalue weighted by Crippen LogP contribution is -2.24. The summed E-state index contributed by atoms with van der Waals surface area (Å²) in [7, 11) is 0. The highest BCUT2D eigenvalue weighted by atomic mass is 19.3. The standard InChI is InChI=1S/C25H27F3N10O2/c1-16-3-4-17(11-30-16)9-23(39)32-22-15-38(36-34-22)13-19(26)6-8-37-14-21(33-35-37)24(40)31-12-20-10-18(5-7-29-20)25(2,27)28/h3-5,7,10-11,14-15,19H,6,8-9,12-13H2,1-2H3,(H,31,40)(H,32,39). The van der Waals surface area contributed by atoms with Crippen molar-refractivity contribution in [2.45, 2.75) is 58.4 Å². The summed E-state index contributed by atoms with van der Waals surface area (Å²) >= 11 is 0. The second-order valence-corrected chi connectivity index (χ2v) is 9.22. The SMILES string of the molecule is Cc1ccc(CC(=O)Nc2cn(CC(F)CCn3cc(C(=O)NCc4cc(C(C)(F)F)ccn4)nn3)nn2)cn1. The molecular formula is C25H27F3N10O2. The van der Waals surface area contributed by atoms with Gasteiger partial charge in [0, 0.05) is 43.5 Å². The molecule has 0 aliphatic rings. The number of carbonyl (C=O) groups excluding carboxylic acids is 2. The highest BCUT2D eigenvalue weighted by Gasteiger charge is 2.24. The molecule has 15 heteroatoms. The fraction of sp³-hybridized carbons (Fsp3) is 0.360. The number of hydrogen-bond donors (Lipinski definition) is 2. The second-order valence-electron chi connectivity index (χ2n) is 9.22. The molecule has 2 amide bonds. The molecule has 0 saturated heterocycles. The molecule has 0 bridgehead atoms. The van der Waals surface area contributed by atoms with Gasteiger partial charge in [-0.25, -0.2) is 17.9 Å². The van der Waals surface area contributed by atoms with Crippen LogP contribution in [-0.4, -0.2) is 57.9 Å². The minimum Gasteiger partial charge on any atom is -0.345 e. The maximum absolute atomic E-state index is 14.6. The van der Waals surface area contributed by atoms with Gasteiger partial charge in [0.05, 0.1) is 37.6 Å². The Kier molecular flexibility index (Phi) is 8.81. The van der Waals surface area contributed by atoms with Gasteiger partial charge in [0.25, 0.3) is 11.8 Å². The summed E-state index contributed by atoms with van der Waals surface area (Å²) in [6, 6.07) is 6.05. The zero-order valence-corrected chi connectivity index (χ0v) is 21.8. The van der Waals surface area contributed by atoms with Gasteiger partial charge in [-0.3, -0.25) is 24.2 Å². The Bertz CT molecular complexity index is 1450. The molecule has 210 valence electrons. The molecule has 40 heavy (non-hydrogen) atoms. The van der Waals surface area contributed by atoms with Crippen molar-refractivity contribution in [3.8, 4) is 0 Å². The van der Waals surface area contributed by atoms with Gasteiger partial charge in [0.2, 0.25) is 5.91 Å². The van der Waals surface area contributed by atoms with E-state index in [9.17, 15) is 22.8 Å². The molecule has 4 aromatic rings. The summed E-state index contributed by atoms with van der Waals surface area (Å²) in [5.41, 5.74) is 1.65. The van der Waals surface area contributed by atoms with Crippen molar-refractivity contribution in [3.05, 3.63) is 77.3 Å². The van der Waals surface area contributed by atoms with E-state index in [2.05, 4.69) is 41.2 Å². The third-order valence-electron chi connectivity index (χ3n) is 5.72.